The van der Waals surface area contributed by atoms with E-state index in [0.717, 1.165) is 24.1 Å². The van der Waals surface area contributed by atoms with E-state index in [2.05, 4.69) is 20.3 Å². The SMILES string of the molecule is CC(C)c1nccc(C(=O)N2CCC(c3ccc(C(=O)NCc4ccn5ccnc5c4)cc3)CC2)n1. The number of piperidine rings is 1. The predicted octanol–water partition coefficient (Wildman–Crippen LogP) is 4.20. The van der Waals surface area contributed by atoms with Gasteiger partial charge in [-0.05, 0) is 60.2 Å². The Labute approximate surface area is 210 Å². The molecule has 0 spiro atoms. The van der Waals surface area contributed by atoms with Crippen LogP contribution in [0, 0.1) is 0 Å². The number of imidazole rings is 1. The largest absolute Gasteiger partial charge is 0.348 e. The highest BCUT2D eigenvalue weighted by Gasteiger charge is 2.25. The fourth-order valence-corrected chi connectivity index (χ4v) is 4.60. The molecule has 2 amide bonds. The van der Waals surface area contributed by atoms with Gasteiger partial charge in [-0.15, -0.1) is 0 Å². The quantitative estimate of drug-likeness (QED) is 0.445. The molecule has 0 bridgehead atoms. The van der Waals surface area contributed by atoms with Gasteiger partial charge in [-0.1, -0.05) is 26.0 Å². The zero-order chi connectivity index (χ0) is 25.1. The number of carbonyl (C=O) groups excluding carboxylic acids is 2. The number of nitrogens with one attached hydrogen (secondary N) is 1. The van der Waals surface area contributed by atoms with Crippen molar-refractivity contribution >= 4 is 17.5 Å². The molecule has 4 aromatic rings. The van der Waals surface area contributed by atoms with Crippen molar-refractivity contribution in [1.29, 1.82) is 0 Å². The molecule has 1 aliphatic heterocycles. The normalized spacial score (nSPS) is 14.4. The van der Waals surface area contributed by atoms with Crippen molar-refractivity contribution in [3.8, 4) is 0 Å². The van der Waals surface area contributed by atoms with Crippen molar-refractivity contribution in [1.82, 2.24) is 29.6 Å². The third-order valence-corrected chi connectivity index (χ3v) is 6.75. The van der Waals surface area contributed by atoms with Crippen LogP contribution < -0.4 is 5.32 Å². The lowest BCUT2D eigenvalue weighted by atomic mass is 9.89. The lowest BCUT2D eigenvalue weighted by molar-refractivity contribution is 0.0706. The number of pyridine rings is 1. The molecule has 8 nitrogen and oxygen atoms in total. The van der Waals surface area contributed by atoms with Gasteiger partial charge in [0.1, 0.15) is 17.2 Å². The summed E-state index contributed by atoms with van der Waals surface area (Å²) >= 11 is 0. The van der Waals surface area contributed by atoms with E-state index in [4.69, 9.17) is 0 Å². The van der Waals surface area contributed by atoms with E-state index in [-0.39, 0.29) is 17.7 Å². The lowest BCUT2D eigenvalue weighted by Crippen LogP contribution is -2.38. The number of hydrogen-bond acceptors (Lipinski definition) is 5. The molecule has 0 unspecified atom stereocenters. The van der Waals surface area contributed by atoms with Gasteiger partial charge >= 0.3 is 0 Å². The maximum Gasteiger partial charge on any atom is 0.272 e. The van der Waals surface area contributed by atoms with Gasteiger partial charge in [0.2, 0.25) is 0 Å². The number of likely N-dealkylation sites (tertiary alicyclic amines) is 1. The molecule has 36 heavy (non-hydrogen) atoms. The second kappa shape index (κ2) is 10.3. The van der Waals surface area contributed by atoms with Crippen molar-refractivity contribution in [3.05, 3.63) is 95.5 Å². The first kappa shape index (κ1) is 23.7. The molecule has 1 aromatic carbocycles. The van der Waals surface area contributed by atoms with Crippen LogP contribution >= 0.6 is 0 Å². The van der Waals surface area contributed by atoms with E-state index in [1.807, 2.05) is 71.9 Å². The zero-order valence-corrected chi connectivity index (χ0v) is 20.6. The van der Waals surface area contributed by atoms with Crippen molar-refractivity contribution in [2.75, 3.05) is 13.1 Å². The second-order valence-corrected chi connectivity index (χ2v) is 9.55. The highest BCUT2D eigenvalue weighted by molar-refractivity contribution is 5.94. The topological polar surface area (TPSA) is 92.5 Å². The number of nitrogens with zero attached hydrogens (tertiary/aromatic N) is 5. The van der Waals surface area contributed by atoms with Gasteiger partial charge in [0.15, 0.2) is 0 Å². The highest BCUT2D eigenvalue weighted by Crippen LogP contribution is 2.29. The summed E-state index contributed by atoms with van der Waals surface area (Å²) in [5, 5.41) is 2.99. The Balaban J connectivity index is 1.14. The number of rotatable bonds is 6. The number of hydrogen-bond donors (Lipinski definition) is 1. The fraction of sp³-hybridized carbons (Fsp3) is 0.321. The van der Waals surface area contributed by atoms with Gasteiger partial charge in [-0.3, -0.25) is 9.59 Å². The van der Waals surface area contributed by atoms with Crippen molar-refractivity contribution < 1.29 is 9.59 Å². The van der Waals surface area contributed by atoms with Gasteiger partial charge in [0, 0.05) is 55.9 Å². The number of carbonyl (C=O) groups is 2. The van der Waals surface area contributed by atoms with Crippen LogP contribution in [0.1, 0.15) is 76.3 Å². The molecule has 1 aliphatic rings. The van der Waals surface area contributed by atoms with E-state index >= 15 is 0 Å². The van der Waals surface area contributed by atoms with Crippen LogP contribution in [0.25, 0.3) is 5.65 Å². The maximum atomic E-state index is 12.9. The fourth-order valence-electron chi connectivity index (χ4n) is 4.60. The molecular weight excluding hydrogens is 452 g/mol. The standard InChI is InChI=1S/C28H30N6O2/c1-19(2)26-30-11-7-24(32-26)28(36)34-14-9-22(10-15-34)21-3-5-23(6-4-21)27(35)31-18-20-8-13-33-16-12-29-25(33)17-20/h3-8,11-13,16-17,19,22H,9-10,14-15,18H2,1-2H3,(H,31,35). The zero-order valence-electron chi connectivity index (χ0n) is 20.6. The van der Waals surface area contributed by atoms with Gasteiger partial charge < -0.3 is 14.6 Å². The Morgan fingerprint density at radius 2 is 1.78 bits per heavy atom. The summed E-state index contributed by atoms with van der Waals surface area (Å²) in [4.78, 5) is 40.5. The molecule has 0 radical (unpaired) electrons. The summed E-state index contributed by atoms with van der Waals surface area (Å²) < 4.78 is 1.93. The molecule has 8 heteroatoms. The maximum absolute atomic E-state index is 12.9. The summed E-state index contributed by atoms with van der Waals surface area (Å²) in [6.07, 6.45) is 9.01. The van der Waals surface area contributed by atoms with Crippen LogP contribution in [0.15, 0.2) is 67.3 Å². The first-order valence-corrected chi connectivity index (χ1v) is 12.4. The van der Waals surface area contributed by atoms with Crippen LogP contribution in [-0.4, -0.2) is 49.2 Å². The van der Waals surface area contributed by atoms with Crippen LogP contribution in [0.3, 0.4) is 0 Å². The first-order chi connectivity index (χ1) is 17.5. The minimum Gasteiger partial charge on any atom is -0.348 e. The third kappa shape index (κ3) is 5.12. The number of amides is 2. The monoisotopic (exact) mass is 482 g/mol. The molecule has 3 aromatic heterocycles. The van der Waals surface area contributed by atoms with Gasteiger partial charge in [-0.2, -0.15) is 0 Å². The Kier molecular flexibility index (Phi) is 6.75. The number of aromatic nitrogens is 4. The predicted molar refractivity (Wildman–Crippen MR) is 137 cm³/mol. The summed E-state index contributed by atoms with van der Waals surface area (Å²) in [5.74, 6) is 1.11. The van der Waals surface area contributed by atoms with Crippen LogP contribution in [0.4, 0.5) is 0 Å². The molecule has 0 atom stereocenters. The molecule has 1 fully saturated rings. The minimum atomic E-state index is -0.101. The molecule has 5 rings (SSSR count). The number of benzene rings is 1. The van der Waals surface area contributed by atoms with Gasteiger partial charge in [0.25, 0.3) is 11.8 Å². The summed E-state index contributed by atoms with van der Waals surface area (Å²) in [5.41, 5.74) is 4.16. The first-order valence-electron chi connectivity index (χ1n) is 12.4. The molecule has 1 N–H and O–H groups in total. The Morgan fingerprint density at radius 1 is 1.00 bits per heavy atom. The van der Waals surface area contributed by atoms with Crippen molar-refractivity contribution in [2.45, 2.75) is 45.1 Å². The lowest BCUT2D eigenvalue weighted by Gasteiger charge is -2.32. The Bertz CT molecular complexity index is 1370. The van der Waals surface area contributed by atoms with Gasteiger partial charge in [-0.25, -0.2) is 15.0 Å². The second-order valence-electron chi connectivity index (χ2n) is 9.55. The average Bonchev–Trinajstić information content (AvgIpc) is 3.39. The molecule has 1 saturated heterocycles. The average molecular weight is 483 g/mol. The Morgan fingerprint density at radius 3 is 2.53 bits per heavy atom. The smallest absolute Gasteiger partial charge is 0.272 e. The minimum absolute atomic E-state index is 0.0309. The molecule has 184 valence electrons. The van der Waals surface area contributed by atoms with Crippen molar-refractivity contribution in [3.63, 3.8) is 0 Å². The molecule has 4 heterocycles. The van der Waals surface area contributed by atoms with E-state index in [0.29, 0.717) is 42.6 Å². The van der Waals surface area contributed by atoms with Crippen LogP contribution in [-0.2, 0) is 6.54 Å². The summed E-state index contributed by atoms with van der Waals surface area (Å²) in [6, 6.07) is 13.5. The molecule has 0 saturated carbocycles. The van der Waals surface area contributed by atoms with Crippen LogP contribution in [0.2, 0.25) is 0 Å². The Hall–Kier alpha value is -4.07. The van der Waals surface area contributed by atoms with E-state index < -0.39 is 0 Å². The third-order valence-electron chi connectivity index (χ3n) is 6.75. The molecule has 0 aliphatic carbocycles. The number of fused-ring (bicyclic) bond motifs is 1. The highest BCUT2D eigenvalue weighted by atomic mass is 16.2. The van der Waals surface area contributed by atoms with E-state index in [1.165, 1.54) is 5.56 Å². The summed E-state index contributed by atoms with van der Waals surface area (Å²) in [6.45, 7) is 5.86. The van der Waals surface area contributed by atoms with Crippen molar-refractivity contribution in [2.24, 2.45) is 0 Å². The van der Waals surface area contributed by atoms with E-state index in [1.54, 1.807) is 18.5 Å². The van der Waals surface area contributed by atoms with Crippen LogP contribution in [0.5, 0.6) is 0 Å². The van der Waals surface area contributed by atoms with E-state index in [9.17, 15) is 9.59 Å². The summed E-state index contributed by atoms with van der Waals surface area (Å²) in [7, 11) is 0. The molecular formula is C28H30N6O2. The van der Waals surface area contributed by atoms with Gasteiger partial charge in [0.05, 0.1) is 0 Å².